The lowest BCUT2D eigenvalue weighted by atomic mass is 9.92. The van der Waals surface area contributed by atoms with Gasteiger partial charge >= 0.3 is 6.03 Å². The molecule has 7 nitrogen and oxygen atoms in total. The maximum atomic E-state index is 12.6. The Morgan fingerprint density at radius 3 is 2.89 bits per heavy atom. The maximum absolute atomic E-state index is 12.6. The number of fused-ring (bicyclic) bond motifs is 1. The van der Waals surface area contributed by atoms with Crippen LogP contribution in [0.3, 0.4) is 0 Å². The van der Waals surface area contributed by atoms with Crippen LogP contribution in [-0.2, 0) is 11.2 Å². The Morgan fingerprint density at radius 1 is 1.26 bits per heavy atom. The first-order valence-electron chi connectivity index (χ1n) is 9.80. The predicted molar refractivity (Wildman–Crippen MR) is 103 cm³/mol. The van der Waals surface area contributed by atoms with Gasteiger partial charge < -0.3 is 15.0 Å². The summed E-state index contributed by atoms with van der Waals surface area (Å²) in [7, 11) is 0. The number of aromatic nitrogens is 3. The summed E-state index contributed by atoms with van der Waals surface area (Å²) >= 11 is 6.01. The molecule has 1 spiro atoms. The summed E-state index contributed by atoms with van der Waals surface area (Å²) in [5.41, 5.74) is 1.52. The van der Waals surface area contributed by atoms with Gasteiger partial charge in [-0.1, -0.05) is 37.3 Å². The molecule has 1 saturated carbocycles. The average molecular weight is 392 g/mol. The Kier molecular flexibility index (Phi) is 5.50. The number of halogens is 1. The molecule has 0 atom stereocenters. The van der Waals surface area contributed by atoms with Crippen LogP contribution in [0, 0.1) is 0 Å². The number of ether oxygens (including phenoxy) is 1. The molecule has 1 aliphatic carbocycles. The van der Waals surface area contributed by atoms with Crippen LogP contribution in [0.15, 0.2) is 18.6 Å². The zero-order valence-corrected chi connectivity index (χ0v) is 16.2. The molecule has 2 aliphatic rings. The predicted octanol–water partition coefficient (Wildman–Crippen LogP) is 3.06. The molecular formula is C19H26ClN5O2. The van der Waals surface area contributed by atoms with E-state index < -0.39 is 0 Å². The number of carbonyl (C=O) groups is 1. The highest BCUT2D eigenvalue weighted by Gasteiger charge is 2.38. The Hall–Kier alpha value is -1.86. The van der Waals surface area contributed by atoms with E-state index in [9.17, 15) is 4.79 Å². The van der Waals surface area contributed by atoms with Crippen LogP contribution in [-0.4, -0.2) is 57.4 Å². The van der Waals surface area contributed by atoms with E-state index in [4.69, 9.17) is 16.3 Å². The van der Waals surface area contributed by atoms with Crippen molar-refractivity contribution in [1.82, 2.24) is 24.8 Å². The third kappa shape index (κ3) is 4.19. The first-order chi connectivity index (χ1) is 13.2. The first kappa shape index (κ1) is 18.5. The van der Waals surface area contributed by atoms with Crippen LogP contribution in [0.1, 0.15) is 44.1 Å². The van der Waals surface area contributed by atoms with Crippen molar-refractivity contribution in [3.05, 3.63) is 29.2 Å². The molecule has 0 aromatic carbocycles. The second-order valence-corrected chi connectivity index (χ2v) is 7.98. The number of amides is 2. The average Bonchev–Trinajstić information content (AvgIpc) is 2.90. The molecular weight excluding hydrogens is 366 g/mol. The van der Waals surface area contributed by atoms with Gasteiger partial charge in [-0.15, -0.1) is 0 Å². The lowest BCUT2D eigenvalue weighted by Crippen LogP contribution is -2.56. The van der Waals surface area contributed by atoms with Crippen molar-refractivity contribution in [3.63, 3.8) is 0 Å². The zero-order valence-electron chi connectivity index (χ0n) is 15.5. The smallest absolute Gasteiger partial charge is 0.317 e. The van der Waals surface area contributed by atoms with Crippen LogP contribution in [0.4, 0.5) is 4.79 Å². The van der Waals surface area contributed by atoms with E-state index in [0.29, 0.717) is 43.3 Å². The first-order valence-corrected chi connectivity index (χ1v) is 10.2. The molecule has 27 heavy (non-hydrogen) atoms. The van der Waals surface area contributed by atoms with E-state index in [1.54, 1.807) is 16.9 Å². The highest BCUT2D eigenvalue weighted by Crippen LogP contribution is 2.33. The van der Waals surface area contributed by atoms with Crippen LogP contribution in [0.2, 0.25) is 5.02 Å². The van der Waals surface area contributed by atoms with E-state index in [2.05, 4.69) is 15.4 Å². The molecule has 2 amide bonds. The topological polar surface area (TPSA) is 71.8 Å². The Labute approximate surface area is 164 Å². The van der Waals surface area contributed by atoms with E-state index in [0.717, 1.165) is 18.4 Å². The summed E-state index contributed by atoms with van der Waals surface area (Å²) in [6, 6.07) is -0.00177. The molecule has 0 unspecified atom stereocenters. The number of nitrogens with zero attached hydrogens (tertiary/aromatic N) is 4. The van der Waals surface area contributed by atoms with E-state index in [1.165, 1.54) is 25.7 Å². The third-order valence-electron chi connectivity index (χ3n) is 5.61. The monoisotopic (exact) mass is 391 g/mol. The molecule has 1 saturated heterocycles. The van der Waals surface area contributed by atoms with E-state index in [-0.39, 0.29) is 11.6 Å². The normalized spacial score (nSPS) is 20.0. The standard InChI is InChI=1S/C19H26ClN5O2/c20-16-12-23-25-13-15(11-22-17(16)25)5-8-21-18(26)24-9-10-27-19(14-24)6-3-1-2-4-7-19/h11-13H,1-10,14H2,(H,21,26). The molecule has 3 heterocycles. The Balaban J connectivity index is 1.30. The number of carbonyl (C=O) groups excluding carboxylic acids is 1. The second kappa shape index (κ2) is 8.02. The molecule has 1 N–H and O–H groups in total. The largest absolute Gasteiger partial charge is 0.371 e. The number of urea groups is 1. The highest BCUT2D eigenvalue weighted by atomic mass is 35.5. The fourth-order valence-electron chi connectivity index (χ4n) is 4.13. The summed E-state index contributed by atoms with van der Waals surface area (Å²) in [4.78, 5) is 18.9. The molecule has 0 radical (unpaired) electrons. The van der Waals surface area contributed by atoms with Crippen molar-refractivity contribution < 1.29 is 9.53 Å². The van der Waals surface area contributed by atoms with Gasteiger partial charge in [0, 0.05) is 25.5 Å². The number of rotatable bonds is 3. The van der Waals surface area contributed by atoms with Crippen molar-refractivity contribution in [2.24, 2.45) is 0 Å². The minimum atomic E-state index is -0.125. The van der Waals surface area contributed by atoms with Gasteiger partial charge in [0.1, 0.15) is 5.02 Å². The lowest BCUT2D eigenvalue weighted by Gasteiger charge is -2.42. The van der Waals surface area contributed by atoms with Gasteiger partial charge in [-0.3, -0.25) is 0 Å². The van der Waals surface area contributed by atoms with Crippen LogP contribution in [0.25, 0.3) is 5.65 Å². The number of morpholine rings is 1. The number of hydrogen-bond acceptors (Lipinski definition) is 4. The van der Waals surface area contributed by atoms with Crippen molar-refractivity contribution in [3.8, 4) is 0 Å². The van der Waals surface area contributed by atoms with Gasteiger partial charge in [0.05, 0.1) is 24.9 Å². The van der Waals surface area contributed by atoms with Gasteiger partial charge in [-0.05, 0) is 24.8 Å². The van der Waals surface area contributed by atoms with E-state index >= 15 is 0 Å². The van der Waals surface area contributed by atoms with Crippen LogP contribution < -0.4 is 5.32 Å². The number of nitrogens with one attached hydrogen (secondary N) is 1. The SMILES string of the molecule is O=C(NCCc1cnc2c(Cl)cnn2c1)N1CCOC2(CCCCCC2)C1. The second-order valence-electron chi connectivity index (χ2n) is 7.57. The fraction of sp³-hybridized carbons (Fsp3) is 0.632. The zero-order chi connectivity index (χ0) is 18.7. The fourth-order valence-corrected chi connectivity index (χ4v) is 4.31. The quantitative estimate of drug-likeness (QED) is 0.872. The Morgan fingerprint density at radius 2 is 2.07 bits per heavy atom. The molecule has 8 heteroatoms. The minimum absolute atomic E-state index is 0.00177. The number of hydrogen-bond donors (Lipinski definition) is 1. The molecule has 2 aromatic rings. The molecule has 0 bridgehead atoms. The van der Waals surface area contributed by atoms with Crippen molar-refractivity contribution in [2.75, 3.05) is 26.2 Å². The summed E-state index contributed by atoms with van der Waals surface area (Å²) in [5, 5.41) is 7.74. The molecule has 2 aromatic heterocycles. The van der Waals surface area contributed by atoms with Crippen molar-refractivity contribution >= 4 is 23.3 Å². The van der Waals surface area contributed by atoms with Gasteiger partial charge in [0.25, 0.3) is 0 Å². The molecule has 2 fully saturated rings. The molecule has 1 aliphatic heterocycles. The van der Waals surface area contributed by atoms with Gasteiger partial charge in [-0.25, -0.2) is 14.3 Å². The third-order valence-corrected chi connectivity index (χ3v) is 5.87. The van der Waals surface area contributed by atoms with Crippen molar-refractivity contribution in [1.29, 1.82) is 0 Å². The minimum Gasteiger partial charge on any atom is -0.371 e. The maximum Gasteiger partial charge on any atom is 0.317 e. The van der Waals surface area contributed by atoms with Crippen molar-refractivity contribution in [2.45, 2.75) is 50.5 Å². The summed E-state index contributed by atoms with van der Waals surface area (Å²) in [5.74, 6) is 0. The highest BCUT2D eigenvalue weighted by molar-refractivity contribution is 6.33. The van der Waals surface area contributed by atoms with Crippen LogP contribution in [0.5, 0.6) is 0 Å². The molecule has 146 valence electrons. The lowest BCUT2D eigenvalue weighted by molar-refractivity contribution is -0.105. The van der Waals surface area contributed by atoms with Crippen LogP contribution >= 0.6 is 11.6 Å². The van der Waals surface area contributed by atoms with Gasteiger partial charge in [-0.2, -0.15) is 5.10 Å². The Bertz CT molecular complexity index is 800. The summed E-state index contributed by atoms with van der Waals surface area (Å²) in [6.07, 6.45) is 13.0. The summed E-state index contributed by atoms with van der Waals surface area (Å²) < 4.78 is 7.80. The summed E-state index contributed by atoms with van der Waals surface area (Å²) in [6.45, 7) is 2.56. The van der Waals surface area contributed by atoms with E-state index in [1.807, 2.05) is 11.1 Å². The van der Waals surface area contributed by atoms with Gasteiger partial charge in [0.2, 0.25) is 0 Å². The molecule has 4 rings (SSSR count). The van der Waals surface area contributed by atoms with Gasteiger partial charge in [0.15, 0.2) is 5.65 Å².